The largest absolute Gasteiger partial charge is 0.573 e. The summed E-state index contributed by atoms with van der Waals surface area (Å²) in [5.41, 5.74) is 1.39. The van der Waals surface area contributed by atoms with Crippen LogP contribution in [0.5, 0.6) is 5.75 Å². The molecule has 2 heterocycles. The van der Waals surface area contributed by atoms with Gasteiger partial charge in [-0.15, -0.1) is 13.2 Å². The summed E-state index contributed by atoms with van der Waals surface area (Å²) in [5.74, 6) is 0.0115. The number of hydrogen-bond acceptors (Lipinski definition) is 4. The molecule has 1 aromatic carbocycles. The molecule has 2 saturated heterocycles. The molecular weight excluding hydrogens is 389 g/mol. The van der Waals surface area contributed by atoms with Crippen LogP contribution in [0.3, 0.4) is 0 Å². The highest BCUT2D eigenvalue weighted by Gasteiger charge is 2.53. The Bertz CT molecular complexity index is 812. The standard InChI is InChI=1S/C20H23F3N2O4/c1-12-8-15(29-20(21,22)23)2-3-16(12)13-4-6-25(7-5-13)17(26)14-9-19(10-14)11-28-18(27)24-19/h2-3,8,13-14H,4-7,9-11H2,1H3,(H,24,27)/t14-,19+. The van der Waals surface area contributed by atoms with E-state index in [2.05, 4.69) is 10.1 Å². The molecule has 158 valence electrons. The number of carbonyl (C=O) groups excluding carboxylic acids is 2. The highest BCUT2D eigenvalue weighted by atomic mass is 19.4. The lowest BCUT2D eigenvalue weighted by molar-refractivity contribution is -0.274. The first-order chi connectivity index (χ1) is 13.6. The molecule has 0 atom stereocenters. The maximum Gasteiger partial charge on any atom is 0.573 e. The number of nitrogens with zero attached hydrogens (tertiary/aromatic N) is 1. The maximum atomic E-state index is 12.7. The van der Waals surface area contributed by atoms with Gasteiger partial charge in [-0.2, -0.15) is 0 Å². The normalized spacial score (nSPS) is 27.4. The summed E-state index contributed by atoms with van der Waals surface area (Å²) in [7, 11) is 0. The van der Waals surface area contributed by atoms with Crippen LogP contribution in [0.1, 0.15) is 42.7 Å². The number of halogens is 3. The third-order valence-corrected chi connectivity index (χ3v) is 6.19. The van der Waals surface area contributed by atoms with Crippen LogP contribution in [0.25, 0.3) is 0 Å². The monoisotopic (exact) mass is 412 g/mol. The molecule has 4 rings (SSSR count). The number of likely N-dealkylation sites (tertiary alicyclic amines) is 1. The summed E-state index contributed by atoms with van der Waals surface area (Å²) >= 11 is 0. The molecule has 0 bridgehead atoms. The molecule has 9 heteroatoms. The Kier molecular flexibility index (Phi) is 4.86. The van der Waals surface area contributed by atoms with Crippen molar-refractivity contribution in [2.24, 2.45) is 5.92 Å². The van der Waals surface area contributed by atoms with Crippen molar-refractivity contribution in [1.82, 2.24) is 10.2 Å². The lowest BCUT2D eigenvalue weighted by Crippen LogP contribution is -2.58. The van der Waals surface area contributed by atoms with Gasteiger partial charge >= 0.3 is 12.5 Å². The first kappa shape index (κ1) is 19.8. The lowest BCUT2D eigenvalue weighted by atomic mass is 9.68. The summed E-state index contributed by atoms with van der Waals surface area (Å²) in [6.45, 7) is 3.35. The van der Waals surface area contributed by atoms with Crippen LogP contribution < -0.4 is 10.1 Å². The molecule has 0 unspecified atom stereocenters. The van der Waals surface area contributed by atoms with Crippen LogP contribution in [0.4, 0.5) is 18.0 Å². The highest BCUT2D eigenvalue weighted by Crippen LogP contribution is 2.42. The molecule has 1 N–H and O–H groups in total. The van der Waals surface area contributed by atoms with Crippen LogP contribution in [-0.2, 0) is 9.53 Å². The SMILES string of the molecule is Cc1cc(OC(F)(F)F)ccc1C1CCN(C(=O)[C@H]2C[C@]3(COC(=O)N3)C2)CC1. The molecule has 2 aliphatic heterocycles. The van der Waals surface area contributed by atoms with Crippen molar-refractivity contribution in [1.29, 1.82) is 0 Å². The number of carbonyl (C=O) groups is 2. The van der Waals surface area contributed by atoms with Crippen LogP contribution in [0.2, 0.25) is 0 Å². The van der Waals surface area contributed by atoms with Gasteiger partial charge in [-0.3, -0.25) is 4.79 Å². The number of benzene rings is 1. The van der Waals surface area contributed by atoms with E-state index >= 15 is 0 Å². The third-order valence-electron chi connectivity index (χ3n) is 6.19. The first-order valence-electron chi connectivity index (χ1n) is 9.74. The Labute approximate surface area is 166 Å². The molecule has 0 aromatic heterocycles. The third kappa shape index (κ3) is 4.13. The molecule has 0 radical (unpaired) electrons. The number of nitrogens with one attached hydrogen (secondary N) is 1. The Morgan fingerprint density at radius 3 is 2.52 bits per heavy atom. The number of cyclic esters (lactones) is 1. The molecule has 1 aromatic rings. The maximum absolute atomic E-state index is 12.7. The summed E-state index contributed by atoms with van der Waals surface area (Å²) in [4.78, 5) is 25.8. The van der Waals surface area contributed by atoms with Gasteiger partial charge in [-0.05, 0) is 61.8 Å². The smallest absolute Gasteiger partial charge is 0.447 e. The van der Waals surface area contributed by atoms with Gasteiger partial charge in [-0.1, -0.05) is 6.07 Å². The number of rotatable bonds is 3. The average Bonchev–Trinajstić information content (AvgIpc) is 3.01. The fourth-order valence-electron chi connectivity index (χ4n) is 4.74. The quantitative estimate of drug-likeness (QED) is 0.825. The van der Waals surface area contributed by atoms with Gasteiger partial charge in [0.25, 0.3) is 0 Å². The minimum absolute atomic E-state index is 0.0888. The van der Waals surface area contributed by atoms with Crippen molar-refractivity contribution in [2.75, 3.05) is 19.7 Å². The second kappa shape index (κ2) is 7.11. The van der Waals surface area contributed by atoms with E-state index in [4.69, 9.17) is 4.74 Å². The predicted molar refractivity (Wildman–Crippen MR) is 96.4 cm³/mol. The van der Waals surface area contributed by atoms with E-state index in [1.807, 2.05) is 4.90 Å². The van der Waals surface area contributed by atoms with E-state index in [1.54, 1.807) is 13.0 Å². The van der Waals surface area contributed by atoms with Gasteiger partial charge in [0.05, 0.1) is 5.54 Å². The minimum Gasteiger partial charge on any atom is -0.447 e. The number of alkyl carbamates (subject to hydrolysis) is 1. The van der Waals surface area contributed by atoms with Crippen LogP contribution in [0.15, 0.2) is 18.2 Å². The fraction of sp³-hybridized carbons (Fsp3) is 0.600. The van der Waals surface area contributed by atoms with E-state index in [1.165, 1.54) is 12.1 Å². The zero-order chi connectivity index (χ0) is 20.8. The van der Waals surface area contributed by atoms with Gasteiger partial charge < -0.3 is 19.7 Å². The molecule has 6 nitrogen and oxygen atoms in total. The summed E-state index contributed by atoms with van der Waals surface area (Å²) < 4.78 is 46.0. The van der Waals surface area contributed by atoms with Gasteiger partial charge in [0.2, 0.25) is 5.91 Å². The molecule has 3 aliphatic rings. The van der Waals surface area contributed by atoms with Crippen molar-refractivity contribution >= 4 is 12.0 Å². The summed E-state index contributed by atoms with van der Waals surface area (Å²) in [6.07, 6.45) is -2.37. The summed E-state index contributed by atoms with van der Waals surface area (Å²) in [6, 6.07) is 4.45. The van der Waals surface area contributed by atoms with Gasteiger partial charge in [0, 0.05) is 19.0 Å². The van der Waals surface area contributed by atoms with Crippen molar-refractivity contribution in [3.63, 3.8) is 0 Å². The van der Waals surface area contributed by atoms with Crippen molar-refractivity contribution < 1.29 is 32.2 Å². The number of hydrogen-bond donors (Lipinski definition) is 1. The second-order valence-corrected chi connectivity index (χ2v) is 8.25. The topological polar surface area (TPSA) is 67.9 Å². The van der Waals surface area contributed by atoms with Crippen LogP contribution in [-0.4, -0.2) is 48.5 Å². The zero-order valence-electron chi connectivity index (χ0n) is 16.1. The van der Waals surface area contributed by atoms with Gasteiger partial charge in [-0.25, -0.2) is 4.79 Å². The first-order valence-corrected chi connectivity index (χ1v) is 9.74. The molecule has 3 fully saturated rings. The predicted octanol–water partition coefficient (Wildman–Crippen LogP) is 3.49. The Morgan fingerprint density at radius 2 is 1.97 bits per heavy atom. The van der Waals surface area contributed by atoms with Crippen molar-refractivity contribution in [3.05, 3.63) is 29.3 Å². The van der Waals surface area contributed by atoms with E-state index < -0.39 is 12.5 Å². The molecule has 1 saturated carbocycles. The van der Waals surface area contributed by atoms with Gasteiger partial charge in [0.1, 0.15) is 12.4 Å². The molecule has 2 amide bonds. The van der Waals surface area contributed by atoms with Crippen LogP contribution in [0, 0.1) is 12.8 Å². The van der Waals surface area contributed by atoms with E-state index in [9.17, 15) is 22.8 Å². The number of aryl methyl sites for hydroxylation is 1. The molecule has 1 spiro atoms. The Hall–Kier alpha value is -2.45. The lowest BCUT2D eigenvalue weighted by Gasteiger charge is -2.45. The van der Waals surface area contributed by atoms with Gasteiger partial charge in [0.15, 0.2) is 0 Å². The van der Waals surface area contributed by atoms with E-state index in [-0.39, 0.29) is 29.0 Å². The number of ether oxygens (including phenoxy) is 2. The van der Waals surface area contributed by atoms with Crippen molar-refractivity contribution in [2.45, 2.75) is 50.4 Å². The number of piperidine rings is 1. The summed E-state index contributed by atoms with van der Waals surface area (Å²) in [5, 5.41) is 2.80. The average molecular weight is 412 g/mol. The number of amides is 2. The van der Waals surface area contributed by atoms with E-state index in [0.29, 0.717) is 32.5 Å². The Balaban J connectivity index is 1.30. The molecule has 1 aliphatic carbocycles. The minimum atomic E-state index is -4.70. The fourth-order valence-corrected chi connectivity index (χ4v) is 4.74. The Morgan fingerprint density at radius 1 is 1.28 bits per heavy atom. The molecule has 29 heavy (non-hydrogen) atoms. The zero-order valence-corrected chi connectivity index (χ0v) is 16.1. The van der Waals surface area contributed by atoms with E-state index in [0.717, 1.165) is 24.0 Å². The second-order valence-electron chi connectivity index (χ2n) is 8.25. The number of alkyl halides is 3. The highest BCUT2D eigenvalue weighted by molar-refractivity contribution is 5.81. The van der Waals surface area contributed by atoms with Crippen molar-refractivity contribution in [3.8, 4) is 5.75 Å². The molecular formula is C20H23F3N2O4. The van der Waals surface area contributed by atoms with Crippen LogP contribution >= 0.6 is 0 Å².